The predicted molar refractivity (Wildman–Crippen MR) is 66.4 cm³/mol. The van der Waals surface area contributed by atoms with Crippen molar-refractivity contribution in [1.29, 1.82) is 0 Å². The Hall–Kier alpha value is -0.910. The van der Waals surface area contributed by atoms with Crippen molar-refractivity contribution in [3.05, 3.63) is 17.5 Å². The Bertz CT molecular complexity index is 352. The van der Waals surface area contributed by atoms with Crippen LogP contribution in [0.25, 0.3) is 0 Å². The molecular formula is C12H22N4O. The van der Waals surface area contributed by atoms with E-state index in [9.17, 15) is 0 Å². The normalized spacial score (nSPS) is 23.1. The Labute approximate surface area is 103 Å². The molecule has 1 aromatic rings. The van der Waals surface area contributed by atoms with Crippen molar-refractivity contribution in [1.82, 2.24) is 15.0 Å². The molecule has 2 heterocycles. The highest BCUT2D eigenvalue weighted by molar-refractivity contribution is 5.05. The van der Waals surface area contributed by atoms with Gasteiger partial charge in [-0.3, -0.25) is 9.80 Å². The van der Waals surface area contributed by atoms with E-state index in [0.29, 0.717) is 12.6 Å². The number of rotatable bonds is 4. The summed E-state index contributed by atoms with van der Waals surface area (Å²) in [4.78, 5) is 4.92. The number of aromatic nitrogens is 1. The van der Waals surface area contributed by atoms with Crippen LogP contribution in [0.2, 0.25) is 0 Å². The summed E-state index contributed by atoms with van der Waals surface area (Å²) >= 11 is 0. The number of nitrogens with two attached hydrogens (primary N) is 1. The second-order valence-corrected chi connectivity index (χ2v) is 4.70. The Balaban J connectivity index is 1.88. The maximum atomic E-state index is 5.51. The number of likely N-dealkylation sites (N-methyl/N-ethyl adjacent to an activating group) is 1. The molecule has 5 nitrogen and oxygen atoms in total. The molecule has 0 aliphatic carbocycles. The highest BCUT2D eigenvalue weighted by atomic mass is 16.5. The molecule has 1 aliphatic heterocycles. The summed E-state index contributed by atoms with van der Waals surface area (Å²) in [5.74, 6) is 0.919. The molecule has 0 amide bonds. The summed E-state index contributed by atoms with van der Waals surface area (Å²) in [5, 5.41) is 3.91. The molecule has 1 atom stereocenters. The monoisotopic (exact) mass is 238 g/mol. The maximum absolute atomic E-state index is 5.51. The molecule has 2 N–H and O–H groups in total. The van der Waals surface area contributed by atoms with Crippen LogP contribution in [0.3, 0.4) is 0 Å². The van der Waals surface area contributed by atoms with Crippen LogP contribution >= 0.6 is 0 Å². The SMILES string of the molecule is CCN1CCN(Cc2cc(CN)no2)CC1C. The number of piperazine rings is 1. The van der Waals surface area contributed by atoms with E-state index in [1.165, 1.54) is 0 Å². The van der Waals surface area contributed by atoms with E-state index in [-0.39, 0.29) is 0 Å². The maximum Gasteiger partial charge on any atom is 0.151 e. The number of nitrogens with zero attached hydrogens (tertiary/aromatic N) is 3. The van der Waals surface area contributed by atoms with Crippen molar-refractivity contribution in [2.75, 3.05) is 26.2 Å². The number of hydrogen-bond acceptors (Lipinski definition) is 5. The minimum Gasteiger partial charge on any atom is -0.360 e. The predicted octanol–water partition coefficient (Wildman–Crippen LogP) is 0.659. The Morgan fingerprint density at radius 3 is 2.94 bits per heavy atom. The van der Waals surface area contributed by atoms with E-state index in [1.807, 2.05) is 6.07 Å². The summed E-state index contributed by atoms with van der Waals surface area (Å²) in [6.07, 6.45) is 0. The van der Waals surface area contributed by atoms with Crippen LogP contribution in [-0.4, -0.2) is 47.2 Å². The zero-order chi connectivity index (χ0) is 12.3. The van der Waals surface area contributed by atoms with E-state index >= 15 is 0 Å². The second-order valence-electron chi connectivity index (χ2n) is 4.70. The molecule has 1 saturated heterocycles. The molecule has 0 aromatic carbocycles. The highest BCUT2D eigenvalue weighted by Gasteiger charge is 2.23. The third-order valence-corrected chi connectivity index (χ3v) is 3.45. The van der Waals surface area contributed by atoms with Crippen LogP contribution in [-0.2, 0) is 13.1 Å². The molecule has 17 heavy (non-hydrogen) atoms. The van der Waals surface area contributed by atoms with Gasteiger partial charge in [-0.15, -0.1) is 0 Å². The van der Waals surface area contributed by atoms with E-state index in [0.717, 1.165) is 44.2 Å². The molecule has 0 saturated carbocycles. The van der Waals surface area contributed by atoms with Crippen molar-refractivity contribution in [2.24, 2.45) is 5.73 Å². The van der Waals surface area contributed by atoms with Crippen molar-refractivity contribution in [3.8, 4) is 0 Å². The molecule has 0 spiro atoms. The van der Waals surface area contributed by atoms with Gasteiger partial charge in [0.25, 0.3) is 0 Å². The number of hydrogen-bond donors (Lipinski definition) is 1. The lowest BCUT2D eigenvalue weighted by molar-refractivity contribution is 0.0774. The molecule has 0 radical (unpaired) electrons. The van der Waals surface area contributed by atoms with Crippen molar-refractivity contribution >= 4 is 0 Å². The minimum atomic E-state index is 0.448. The summed E-state index contributed by atoms with van der Waals surface area (Å²) < 4.78 is 5.26. The lowest BCUT2D eigenvalue weighted by atomic mass is 10.2. The fourth-order valence-electron chi connectivity index (χ4n) is 2.43. The van der Waals surface area contributed by atoms with Gasteiger partial charge in [0.15, 0.2) is 5.76 Å². The molecular weight excluding hydrogens is 216 g/mol. The van der Waals surface area contributed by atoms with Gasteiger partial charge in [0.1, 0.15) is 0 Å². The molecule has 1 fully saturated rings. The zero-order valence-corrected chi connectivity index (χ0v) is 10.7. The highest BCUT2D eigenvalue weighted by Crippen LogP contribution is 2.13. The van der Waals surface area contributed by atoms with Gasteiger partial charge in [0, 0.05) is 38.3 Å². The Morgan fingerprint density at radius 2 is 2.35 bits per heavy atom. The van der Waals surface area contributed by atoms with Gasteiger partial charge in [-0.05, 0) is 13.5 Å². The molecule has 5 heteroatoms. The smallest absolute Gasteiger partial charge is 0.151 e. The molecule has 2 rings (SSSR count). The molecule has 0 bridgehead atoms. The first-order valence-corrected chi connectivity index (χ1v) is 6.34. The van der Waals surface area contributed by atoms with Crippen LogP contribution in [0, 0.1) is 0 Å². The summed E-state index contributed by atoms with van der Waals surface area (Å²) in [6, 6.07) is 2.57. The minimum absolute atomic E-state index is 0.448. The van der Waals surface area contributed by atoms with Crippen molar-refractivity contribution in [3.63, 3.8) is 0 Å². The van der Waals surface area contributed by atoms with Gasteiger partial charge >= 0.3 is 0 Å². The second kappa shape index (κ2) is 5.62. The zero-order valence-electron chi connectivity index (χ0n) is 10.7. The molecule has 1 aliphatic rings. The summed E-state index contributed by atoms with van der Waals surface area (Å²) in [6.45, 7) is 10.2. The molecule has 96 valence electrons. The standard InChI is InChI=1S/C12H22N4O/c1-3-16-5-4-15(8-10(16)2)9-12-6-11(7-13)14-17-12/h6,10H,3-5,7-9,13H2,1-2H3. The van der Waals surface area contributed by atoms with Crippen LogP contribution in [0.4, 0.5) is 0 Å². The van der Waals surface area contributed by atoms with E-state index in [1.54, 1.807) is 0 Å². The fraction of sp³-hybridized carbons (Fsp3) is 0.750. The lowest BCUT2D eigenvalue weighted by Gasteiger charge is -2.38. The van der Waals surface area contributed by atoms with Crippen LogP contribution < -0.4 is 5.73 Å². The molecule has 1 aromatic heterocycles. The topological polar surface area (TPSA) is 58.5 Å². The van der Waals surface area contributed by atoms with E-state index in [4.69, 9.17) is 10.3 Å². The first-order valence-electron chi connectivity index (χ1n) is 6.34. The van der Waals surface area contributed by atoms with Gasteiger partial charge in [-0.1, -0.05) is 12.1 Å². The van der Waals surface area contributed by atoms with E-state index in [2.05, 4.69) is 28.8 Å². The van der Waals surface area contributed by atoms with Gasteiger partial charge in [0.2, 0.25) is 0 Å². The van der Waals surface area contributed by atoms with Crippen molar-refractivity contribution < 1.29 is 4.52 Å². The quantitative estimate of drug-likeness (QED) is 0.835. The summed E-state index contributed by atoms with van der Waals surface area (Å²) in [5.41, 5.74) is 6.35. The average molecular weight is 238 g/mol. The largest absolute Gasteiger partial charge is 0.360 e. The first kappa shape index (κ1) is 12.5. The fourth-order valence-corrected chi connectivity index (χ4v) is 2.43. The van der Waals surface area contributed by atoms with Crippen molar-refractivity contribution in [2.45, 2.75) is 33.0 Å². The third kappa shape index (κ3) is 3.06. The van der Waals surface area contributed by atoms with Gasteiger partial charge in [-0.2, -0.15) is 0 Å². The van der Waals surface area contributed by atoms with Gasteiger partial charge in [-0.25, -0.2) is 0 Å². The first-order chi connectivity index (χ1) is 8.22. The van der Waals surface area contributed by atoms with Gasteiger partial charge < -0.3 is 10.3 Å². The summed E-state index contributed by atoms with van der Waals surface area (Å²) in [7, 11) is 0. The molecule has 1 unspecified atom stereocenters. The third-order valence-electron chi connectivity index (χ3n) is 3.45. The van der Waals surface area contributed by atoms with Crippen LogP contribution in [0.5, 0.6) is 0 Å². The Kier molecular flexibility index (Phi) is 4.15. The van der Waals surface area contributed by atoms with Gasteiger partial charge in [0.05, 0.1) is 12.2 Å². The van der Waals surface area contributed by atoms with E-state index < -0.39 is 0 Å². The average Bonchev–Trinajstić information content (AvgIpc) is 2.77. The van der Waals surface area contributed by atoms with Crippen LogP contribution in [0.15, 0.2) is 10.6 Å². The van der Waals surface area contributed by atoms with Crippen LogP contribution in [0.1, 0.15) is 25.3 Å². The lowest BCUT2D eigenvalue weighted by Crippen LogP contribution is -2.51. The Morgan fingerprint density at radius 1 is 1.53 bits per heavy atom.